The summed E-state index contributed by atoms with van der Waals surface area (Å²) in [4.78, 5) is 24.7. The number of aromatic nitrogens is 2. The second-order valence-corrected chi connectivity index (χ2v) is 9.92. The predicted molar refractivity (Wildman–Crippen MR) is 143 cm³/mol. The summed E-state index contributed by atoms with van der Waals surface area (Å²) < 4.78 is 26.6. The Morgan fingerprint density at radius 1 is 1.26 bits per heavy atom. The highest BCUT2D eigenvalue weighted by molar-refractivity contribution is 6.03. The molecule has 2 aromatic heterocycles. The second kappa shape index (κ2) is 9.62. The van der Waals surface area contributed by atoms with Gasteiger partial charge in [-0.05, 0) is 56.3 Å². The summed E-state index contributed by atoms with van der Waals surface area (Å²) >= 11 is 0. The molecule has 2 N–H and O–H groups in total. The Balaban J connectivity index is 1.56. The fourth-order valence-corrected chi connectivity index (χ4v) is 5.30. The average Bonchev–Trinajstić information content (AvgIpc) is 2.88. The van der Waals surface area contributed by atoms with Crippen LogP contribution >= 0.6 is 0 Å². The average molecular weight is 515 g/mol. The minimum Gasteiger partial charge on any atom is -0.508 e. The molecule has 8 nitrogen and oxygen atoms in total. The maximum absolute atomic E-state index is 14.7. The van der Waals surface area contributed by atoms with E-state index in [4.69, 9.17) is 15.6 Å². The van der Waals surface area contributed by atoms with Crippen molar-refractivity contribution in [2.45, 2.75) is 26.2 Å². The Bertz CT molecular complexity index is 1670. The predicted octanol–water partition coefficient (Wildman–Crippen LogP) is 4.13. The first-order valence-electron chi connectivity index (χ1n) is 12.8. The maximum atomic E-state index is 14.7. The number of hydrogen-bond acceptors (Lipinski definition) is 8. The quantitative estimate of drug-likeness (QED) is 0.384. The number of phenols is 1. The van der Waals surface area contributed by atoms with Gasteiger partial charge in [-0.3, -0.25) is 0 Å². The molecule has 2 fully saturated rings. The number of anilines is 1. The largest absolute Gasteiger partial charge is 0.508 e. The lowest BCUT2D eigenvalue weighted by Crippen LogP contribution is -2.38. The first-order valence-corrected chi connectivity index (χ1v) is 12.8. The number of ether oxygens (including phenoxy) is 1. The van der Waals surface area contributed by atoms with E-state index in [1.165, 1.54) is 24.3 Å². The van der Waals surface area contributed by atoms with Gasteiger partial charge in [0.25, 0.3) is 0 Å². The van der Waals surface area contributed by atoms with E-state index in [-0.39, 0.29) is 28.5 Å². The minimum absolute atomic E-state index is 0.0220. The van der Waals surface area contributed by atoms with Crippen molar-refractivity contribution >= 4 is 27.5 Å². The van der Waals surface area contributed by atoms with Crippen molar-refractivity contribution in [3.05, 3.63) is 51.6 Å². The Kier molecular flexibility index (Phi) is 6.12. The number of nitrogens with one attached hydrogen (secondary N) is 1. The first-order chi connectivity index (χ1) is 18.4. The number of phenolic OH excluding ortho intramolecular Hbond substituents is 1. The number of hydrogen-bond donors (Lipinski definition) is 2. The third-order valence-corrected chi connectivity index (χ3v) is 7.41. The van der Waals surface area contributed by atoms with Crippen LogP contribution in [-0.2, 0) is 0 Å². The third-order valence-electron chi connectivity index (χ3n) is 7.41. The zero-order valence-electron chi connectivity index (χ0n) is 21.0. The number of fused-ring (bicyclic) bond motifs is 2. The number of nitrogens with zero attached hydrogens (tertiary/aromatic N) is 3. The lowest BCUT2D eigenvalue weighted by Gasteiger charge is -2.32. The van der Waals surface area contributed by atoms with Crippen LogP contribution in [0.3, 0.4) is 0 Å². The summed E-state index contributed by atoms with van der Waals surface area (Å²) in [5.41, 5.74) is 0.630. The zero-order valence-corrected chi connectivity index (χ0v) is 21.0. The van der Waals surface area contributed by atoms with Crippen molar-refractivity contribution < 1.29 is 18.7 Å². The highest BCUT2D eigenvalue weighted by Crippen LogP contribution is 2.39. The summed E-state index contributed by atoms with van der Waals surface area (Å²) in [7, 11) is 0. The Morgan fingerprint density at radius 3 is 2.82 bits per heavy atom. The van der Waals surface area contributed by atoms with E-state index < -0.39 is 11.4 Å². The van der Waals surface area contributed by atoms with E-state index in [0.717, 1.165) is 45.4 Å². The van der Waals surface area contributed by atoms with Gasteiger partial charge in [-0.15, -0.1) is 6.42 Å². The number of aryl methyl sites for hydroxylation is 1. The van der Waals surface area contributed by atoms with Crippen LogP contribution in [0.1, 0.15) is 30.4 Å². The maximum Gasteiger partial charge on any atom is 0.349 e. The molecule has 0 radical (unpaired) electrons. The Hall–Kier alpha value is -4.16. The van der Waals surface area contributed by atoms with Crippen LogP contribution in [0, 0.1) is 31.0 Å². The molecule has 9 heteroatoms. The molecule has 1 atom stereocenters. The summed E-state index contributed by atoms with van der Waals surface area (Å²) in [5.74, 6) is 2.74. The molecule has 194 valence electrons. The van der Waals surface area contributed by atoms with Crippen molar-refractivity contribution in [1.29, 1.82) is 0 Å². The number of piperidine rings is 1. The van der Waals surface area contributed by atoms with Gasteiger partial charge >= 0.3 is 11.6 Å². The second-order valence-electron chi connectivity index (χ2n) is 9.92. The van der Waals surface area contributed by atoms with E-state index in [0.29, 0.717) is 45.8 Å². The molecular weight excluding hydrogens is 487 g/mol. The van der Waals surface area contributed by atoms with Crippen LogP contribution in [0.2, 0.25) is 0 Å². The molecule has 0 unspecified atom stereocenters. The van der Waals surface area contributed by atoms with Gasteiger partial charge in [0.15, 0.2) is 5.82 Å². The highest BCUT2D eigenvalue weighted by atomic mass is 19.1. The highest BCUT2D eigenvalue weighted by Gasteiger charge is 2.27. The van der Waals surface area contributed by atoms with Gasteiger partial charge in [-0.1, -0.05) is 12.0 Å². The van der Waals surface area contributed by atoms with Crippen LogP contribution in [0.4, 0.5) is 10.2 Å². The van der Waals surface area contributed by atoms with Crippen LogP contribution in [0.5, 0.6) is 11.8 Å². The van der Waals surface area contributed by atoms with Crippen molar-refractivity contribution in [2.24, 2.45) is 5.92 Å². The van der Waals surface area contributed by atoms with E-state index in [2.05, 4.69) is 21.2 Å². The fraction of sp³-hybridized carbons (Fsp3) is 0.345. The van der Waals surface area contributed by atoms with Gasteiger partial charge in [0, 0.05) is 42.1 Å². The molecule has 4 heterocycles. The number of halogens is 1. The molecule has 0 amide bonds. The molecule has 2 aromatic carbocycles. The van der Waals surface area contributed by atoms with Crippen LogP contribution in [0.15, 0.2) is 33.5 Å². The summed E-state index contributed by atoms with van der Waals surface area (Å²) in [6.45, 7) is 5.65. The van der Waals surface area contributed by atoms with Gasteiger partial charge in [-0.2, -0.15) is 9.97 Å². The van der Waals surface area contributed by atoms with Gasteiger partial charge < -0.3 is 24.5 Å². The number of benzene rings is 2. The smallest absolute Gasteiger partial charge is 0.349 e. The van der Waals surface area contributed by atoms with Crippen LogP contribution in [-0.4, -0.2) is 47.9 Å². The lowest BCUT2D eigenvalue weighted by molar-refractivity contribution is 0.205. The van der Waals surface area contributed by atoms with Gasteiger partial charge in [0.1, 0.15) is 22.7 Å². The molecule has 0 bridgehead atoms. The molecule has 2 saturated heterocycles. The van der Waals surface area contributed by atoms with E-state index in [1.54, 1.807) is 6.92 Å². The molecule has 0 spiro atoms. The Morgan fingerprint density at radius 2 is 2.11 bits per heavy atom. The van der Waals surface area contributed by atoms with Crippen molar-refractivity contribution in [3.8, 4) is 35.4 Å². The zero-order chi connectivity index (χ0) is 26.4. The number of aromatic hydroxyl groups is 1. The number of rotatable bonds is 5. The minimum atomic E-state index is -0.624. The molecule has 0 aliphatic carbocycles. The molecule has 6 rings (SSSR count). The van der Waals surface area contributed by atoms with Gasteiger partial charge in [0.2, 0.25) is 0 Å². The first kappa shape index (κ1) is 24.2. The molecular formula is C29H27FN4O4. The van der Waals surface area contributed by atoms with Crippen LogP contribution in [0.25, 0.3) is 33.0 Å². The number of terminal acetylenes is 1. The van der Waals surface area contributed by atoms with E-state index in [1.807, 2.05) is 4.90 Å². The third kappa shape index (κ3) is 4.11. The Labute approximate surface area is 218 Å². The van der Waals surface area contributed by atoms with Crippen LogP contribution < -0.4 is 20.6 Å². The fourth-order valence-electron chi connectivity index (χ4n) is 5.30. The molecule has 38 heavy (non-hydrogen) atoms. The standard InChI is InChI=1S/C29H27FN4O4/c1-3-20-22(30)8-7-18-12-19(35)13-21(23(18)20)26-16(2)25-24(28(36)38-26)27(34-10-5-11-34)33-29(32-25)37-15-17-6-4-9-31-14-17/h1,7-8,12-13,17,31,35H,4-6,9-11,14-15H2,2H3/t17-/m0/s1. The van der Waals surface area contributed by atoms with Crippen molar-refractivity contribution in [3.63, 3.8) is 0 Å². The topological polar surface area (TPSA) is 101 Å². The van der Waals surface area contributed by atoms with Gasteiger partial charge in [-0.25, -0.2) is 9.18 Å². The summed E-state index contributed by atoms with van der Waals surface area (Å²) in [6, 6.07) is 5.89. The van der Waals surface area contributed by atoms with Crippen molar-refractivity contribution in [2.75, 3.05) is 37.7 Å². The monoisotopic (exact) mass is 514 g/mol. The summed E-state index contributed by atoms with van der Waals surface area (Å²) in [6.07, 6.45) is 8.80. The van der Waals surface area contributed by atoms with Crippen molar-refractivity contribution in [1.82, 2.24) is 15.3 Å². The normalized spacial score (nSPS) is 17.4. The van der Waals surface area contributed by atoms with Gasteiger partial charge in [0.05, 0.1) is 17.7 Å². The van der Waals surface area contributed by atoms with E-state index in [9.17, 15) is 14.3 Å². The molecule has 2 aliphatic rings. The molecule has 0 saturated carbocycles. The van der Waals surface area contributed by atoms with E-state index >= 15 is 0 Å². The molecule has 2 aliphatic heterocycles. The SMILES string of the molecule is C#Cc1c(F)ccc2cc(O)cc(-c3oc(=O)c4c(N5CCC5)nc(OC[C@H]5CCCNC5)nc4c3C)c12. The lowest BCUT2D eigenvalue weighted by atomic mass is 9.95. The summed E-state index contributed by atoms with van der Waals surface area (Å²) in [5, 5.41) is 15.0. The molecule has 4 aromatic rings.